The molecule has 5 nitrogen and oxygen atoms in total. The Bertz CT molecular complexity index is 709. The Morgan fingerprint density at radius 2 is 2.17 bits per heavy atom. The van der Waals surface area contributed by atoms with Crippen LogP contribution in [0.4, 0.5) is 0 Å². The first-order valence-electron chi connectivity index (χ1n) is 7.90. The number of carbonyl (C=O) groups is 2. The molecule has 2 amide bonds. The van der Waals surface area contributed by atoms with Crippen molar-refractivity contribution in [1.82, 2.24) is 15.2 Å². The van der Waals surface area contributed by atoms with Crippen LogP contribution in [-0.4, -0.2) is 27.7 Å². The van der Waals surface area contributed by atoms with E-state index in [0.717, 1.165) is 23.3 Å². The second-order valence-electron chi connectivity index (χ2n) is 5.69. The van der Waals surface area contributed by atoms with Gasteiger partial charge in [0.05, 0.1) is 6.54 Å². The van der Waals surface area contributed by atoms with Gasteiger partial charge in [0.25, 0.3) is 0 Å². The minimum atomic E-state index is -0.279. The summed E-state index contributed by atoms with van der Waals surface area (Å²) in [6, 6.07) is 8.02. The predicted octanol–water partition coefficient (Wildman–Crippen LogP) is 2.51. The second-order valence-corrected chi connectivity index (χ2v) is 6.72. The first-order valence-corrected chi connectivity index (χ1v) is 8.78. The van der Waals surface area contributed by atoms with Crippen LogP contribution in [0.3, 0.4) is 0 Å². The number of pyridine rings is 1. The lowest BCUT2D eigenvalue weighted by atomic mass is 10.3. The SMILES string of the molecule is O=C(/C=C/C(=O)N(Cc1cccs1)C1CC1)NCc1cccnc1. The molecule has 3 rings (SSSR count). The summed E-state index contributed by atoms with van der Waals surface area (Å²) in [5.74, 6) is -0.387. The number of aromatic nitrogens is 1. The third kappa shape index (κ3) is 4.76. The van der Waals surface area contributed by atoms with E-state index in [2.05, 4.69) is 10.3 Å². The molecule has 0 aliphatic heterocycles. The van der Waals surface area contributed by atoms with Gasteiger partial charge in [0.1, 0.15) is 0 Å². The zero-order chi connectivity index (χ0) is 16.8. The average Bonchev–Trinajstić information content (AvgIpc) is 3.32. The molecule has 24 heavy (non-hydrogen) atoms. The Kier molecular flexibility index (Phi) is 5.38. The summed E-state index contributed by atoms with van der Waals surface area (Å²) in [5, 5.41) is 4.76. The van der Waals surface area contributed by atoms with Crippen LogP contribution in [-0.2, 0) is 22.7 Å². The number of hydrogen-bond acceptors (Lipinski definition) is 4. The van der Waals surface area contributed by atoms with Crippen molar-refractivity contribution in [2.45, 2.75) is 32.0 Å². The van der Waals surface area contributed by atoms with Crippen LogP contribution in [0.2, 0.25) is 0 Å². The second kappa shape index (κ2) is 7.88. The van der Waals surface area contributed by atoms with E-state index in [0.29, 0.717) is 19.1 Å². The molecule has 6 heteroatoms. The van der Waals surface area contributed by atoms with E-state index >= 15 is 0 Å². The monoisotopic (exact) mass is 341 g/mol. The maximum absolute atomic E-state index is 12.4. The van der Waals surface area contributed by atoms with Crippen molar-refractivity contribution >= 4 is 23.2 Å². The van der Waals surface area contributed by atoms with Crippen LogP contribution in [0.5, 0.6) is 0 Å². The Labute approximate surface area is 145 Å². The van der Waals surface area contributed by atoms with E-state index in [1.54, 1.807) is 23.7 Å². The quantitative estimate of drug-likeness (QED) is 0.787. The number of thiophene rings is 1. The minimum Gasteiger partial charge on any atom is -0.348 e. The molecule has 2 aromatic heterocycles. The molecule has 0 unspecified atom stereocenters. The van der Waals surface area contributed by atoms with Crippen LogP contribution in [0.1, 0.15) is 23.3 Å². The van der Waals surface area contributed by atoms with Crippen LogP contribution < -0.4 is 5.32 Å². The molecule has 0 spiro atoms. The van der Waals surface area contributed by atoms with Crippen molar-refractivity contribution in [2.75, 3.05) is 0 Å². The van der Waals surface area contributed by atoms with Crippen molar-refractivity contribution < 1.29 is 9.59 Å². The predicted molar refractivity (Wildman–Crippen MR) is 93.1 cm³/mol. The summed E-state index contributed by atoms with van der Waals surface area (Å²) < 4.78 is 0. The van der Waals surface area contributed by atoms with Crippen LogP contribution in [0.15, 0.2) is 54.2 Å². The zero-order valence-corrected chi connectivity index (χ0v) is 14.0. The Morgan fingerprint density at radius 3 is 2.83 bits per heavy atom. The highest BCUT2D eigenvalue weighted by atomic mass is 32.1. The molecule has 0 radical (unpaired) electrons. The fourth-order valence-electron chi connectivity index (χ4n) is 2.34. The number of carbonyl (C=O) groups excluding carboxylic acids is 2. The van der Waals surface area contributed by atoms with E-state index in [-0.39, 0.29) is 11.8 Å². The van der Waals surface area contributed by atoms with Gasteiger partial charge in [-0.2, -0.15) is 0 Å². The van der Waals surface area contributed by atoms with Gasteiger partial charge in [-0.15, -0.1) is 11.3 Å². The molecule has 124 valence electrons. The molecular weight excluding hydrogens is 322 g/mol. The molecule has 0 saturated heterocycles. The van der Waals surface area contributed by atoms with E-state index in [1.807, 2.05) is 34.5 Å². The van der Waals surface area contributed by atoms with Gasteiger partial charge in [-0.1, -0.05) is 12.1 Å². The molecule has 2 heterocycles. The maximum Gasteiger partial charge on any atom is 0.247 e. The van der Waals surface area contributed by atoms with E-state index in [9.17, 15) is 9.59 Å². The van der Waals surface area contributed by atoms with E-state index < -0.39 is 0 Å². The lowest BCUT2D eigenvalue weighted by Gasteiger charge is -2.19. The lowest BCUT2D eigenvalue weighted by Crippen LogP contribution is -2.31. The van der Waals surface area contributed by atoms with Crippen LogP contribution in [0.25, 0.3) is 0 Å². The summed E-state index contributed by atoms with van der Waals surface area (Å²) in [7, 11) is 0. The van der Waals surface area contributed by atoms with E-state index in [4.69, 9.17) is 0 Å². The summed E-state index contributed by atoms with van der Waals surface area (Å²) in [4.78, 5) is 31.2. The first-order chi connectivity index (χ1) is 11.7. The topological polar surface area (TPSA) is 62.3 Å². The molecule has 1 saturated carbocycles. The average molecular weight is 341 g/mol. The third-order valence-corrected chi connectivity index (χ3v) is 4.60. The molecule has 2 aromatic rings. The number of nitrogens with one attached hydrogen (secondary N) is 1. The molecule has 1 N–H and O–H groups in total. The standard InChI is InChI=1S/C18H19N3O2S/c22-17(20-12-14-3-1-9-19-11-14)7-8-18(23)21(15-5-6-15)13-16-4-2-10-24-16/h1-4,7-11,15H,5-6,12-13H2,(H,20,22)/b8-7+. The van der Waals surface area contributed by atoms with Gasteiger partial charge in [-0.05, 0) is 35.9 Å². The summed E-state index contributed by atoms with van der Waals surface area (Å²) in [5.41, 5.74) is 0.919. The largest absolute Gasteiger partial charge is 0.348 e. The van der Waals surface area contributed by atoms with Gasteiger partial charge < -0.3 is 10.2 Å². The van der Waals surface area contributed by atoms with E-state index in [1.165, 1.54) is 12.2 Å². The first kappa shape index (κ1) is 16.4. The number of hydrogen-bond donors (Lipinski definition) is 1. The highest BCUT2D eigenvalue weighted by molar-refractivity contribution is 7.09. The Balaban J connectivity index is 1.52. The highest BCUT2D eigenvalue weighted by Gasteiger charge is 2.31. The van der Waals surface area contributed by atoms with Gasteiger partial charge >= 0.3 is 0 Å². The van der Waals surface area contributed by atoms with Gasteiger partial charge in [0.15, 0.2) is 0 Å². The fraction of sp³-hybridized carbons (Fsp3) is 0.278. The minimum absolute atomic E-state index is 0.109. The number of rotatable bonds is 7. The smallest absolute Gasteiger partial charge is 0.247 e. The van der Waals surface area contributed by atoms with Crippen molar-refractivity contribution in [3.05, 3.63) is 64.6 Å². The fourth-order valence-corrected chi connectivity index (χ4v) is 3.04. The Hall–Kier alpha value is -2.47. The molecule has 0 atom stereocenters. The van der Waals surface area contributed by atoms with Crippen molar-refractivity contribution in [1.29, 1.82) is 0 Å². The zero-order valence-electron chi connectivity index (χ0n) is 13.2. The molecule has 0 aromatic carbocycles. The molecule has 1 aliphatic rings. The number of amides is 2. The third-order valence-electron chi connectivity index (χ3n) is 3.74. The summed E-state index contributed by atoms with van der Waals surface area (Å²) >= 11 is 1.64. The molecular formula is C18H19N3O2S. The van der Waals surface area contributed by atoms with Crippen molar-refractivity contribution in [3.63, 3.8) is 0 Å². The Morgan fingerprint density at radius 1 is 1.29 bits per heavy atom. The van der Waals surface area contributed by atoms with Crippen LogP contribution in [0, 0.1) is 0 Å². The molecule has 1 aliphatic carbocycles. The molecule has 0 bridgehead atoms. The van der Waals surface area contributed by atoms with Crippen molar-refractivity contribution in [3.8, 4) is 0 Å². The molecule has 1 fully saturated rings. The van der Waals surface area contributed by atoms with Crippen molar-refractivity contribution in [2.24, 2.45) is 0 Å². The summed E-state index contributed by atoms with van der Waals surface area (Å²) in [6.07, 6.45) is 8.14. The van der Waals surface area contributed by atoms with Gasteiger partial charge in [-0.3, -0.25) is 14.6 Å². The lowest BCUT2D eigenvalue weighted by molar-refractivity contribution is -0.127. The van der Waals surface area contributed by atoms with Gasteiger partial charge in [0.2, 0.25) is 11.8 Å². The van der Waals surface area contributed by atoms with Gasteiger partial charge in [-0.25, -0.2) is 0 Å². The van der Waals surface area contributed by atoms with Crippen LogP contribution >= 0.6 is 11.3 Å². The summed E-state index contributed by atoms with van der Waals surface area (Å²) in [6.45, 7) is 1.01. The normalized spacial score (nSPS) is 13.8. The highest BCUT2D eigenvalue weighted by Crippen LogP contribution is 2.29. The van der Waals surface area contributed by atoms with Gasteiger partial charge in [0, 0.05) is 42.0 Å². The maximum atomic E-state index is 12.4. The number of nitrogens with zero attached hydrogens (tertiary/aromatic N) is 2.